The fraction of sp³-hybridized carbons (Fsp3) is 0.258. The molecule has 0 heteroatoms. The molecule has 0 amide bonds. The van der Waals surface area contributed by atoms with Crippen molar-refractivity contribution in [2.24, 2.45) is 0 Å². The molecule has 2 aromatic rings. The van der Waals surface area contributed by atoms with E-state index in [2.05, 4.69) is 125 Å². The second kappa shape index (κ2) is 13.3. The lowest BCUT2D eigenvalue weighted by Crippen LogP contribution is -1.91. The maximum Gasteiger partial charge on any atom is -0.00190 e. The molecular weight excluding hydrogens is 372 g/mol. The molecule has 0 fully saturated rings. The highest BCUT2D eigenvalue weighted by Gasteiger charge is 2.01. The van der Waals surface area contributed by atoms with Crippen LogP contribution in [0, 0.1) is 13.8 Å². The minimum Gasteiger partial charge on any atom is -0.117 e. The van der Waals surface area contributed by atoms with E-state index < -0.39 is 0 Å². The summed E-state index contributed by atoms with van der Waals surface area (Å²) in [6.45, 7) is 10.6. The SMILES string of the molecule is C/C=C\c1c(C)cccc1CC/C=C\C=C/C/C(C)=C/C=C=C(C)c1ccc(C)cc1. The molecule has 0 heterocycles. The smallest absolute Gasteiger partial charge is 0.00190 e. The topological polar surface area (TPSA) is 0 Å². The van der Waals surface area contributed by atoms with Crippen LogP contribution in [0.25, 0.3) is 11.6 Å². The van der Waals surface area contributed by atoms with E-state index in [1.807, 2.05) is 6.08 Å². The van der Waals surface area contributed by atoms with Gasteiger partial charge in [0.1, 0.15) is 0 Å². The summed E-state index contributed by atoms with van der Waals surface area (Å²) in [5, 5.41) is 0. The molecule has 0 nitrogen and oxygen atoms in total. The monoisotopic (exact) mass is 408 g/mol. The van der Waals surface area contributed by atoms with Crippen LogP contribution in [-0.2, 0) is 6.42 Å². The Kier molecular flexibility index (Phi) is 10.4. The van der Waals surface area contributed by atoms with Gasteiger partial charge < -0.3 is 0 Å². The molecule has 0 atom stereocenters. The Morgan fingerprint density at radius 3 is 2.42 bits per heavy atom. The van der Waals surface area contributed by atoms with Crippen molar-refractivity contribution in [1.82, 2.24) is 0 Å². The number of aryl methyl sites for hydroxylation is 3. The van der Waals surface area contributed by atoms with Crippen molar-refractivity contribution in [2.45, 2.75) is 53.9 Å². The van der Waals surface area contributed by atoms with E-state index in [1.165, 1.54) is 33.4 Å². The van der Waals surface area contributed by atoms with Gasteiger partial charge in [-0.1, -0.05) is 96.1 Å². The van der Waals surface area contributed by atoms with E-state index in [4.69, 9.17) is 0 Å². The molecule has 0 bridgehead atoms. The predicted octanol–water partition coefficient (Wildman–Crippen LogP) is 8.98. The van der Waals surface area contributed by atoms with Crippen LogP contribution in [0.5, 0.6) is 0 Å². The molecule has 0 aromatic heterocycles. The van der Waals surface area contributed by atoms with Crippen LogP contribution in [0.3, 0.4) is 0 Å². The van der Waals surface area contributed by atoms with Crippen LogP contribution in [0.1, 0.15) is 61.4 Å². The van der Waals surface area contributed by atoms with Gasteiger partial charge in [-0.2, -0.15) is 0 Å². The van der Waals surface area contributed by atoms with Crippen LogP contribution < -0.4 is 0 Å². The van der Waals surface area contributed by atoms with Gasteiger partial charge in [0.25, 0.3) is 0 Å². The van der Waals surface area contributed by atoms with Gasteiger partial charge in [0.2, 0.25) is 0 Å². The Morgan fingerprint density at radius 1 is 0.935 bits per heavy atom. The van der Waals surface area contributed by atoms with E-state index in [9.17, 15) is 0 Å². The molecule has 0 aliphatic carbocycles. The summed E-state index contributed by atoms with van der Waals surface area (Å²) in [5.74, 6) is 0. The second-order valence-corrected chi connectivity index (χ2v) is 8.06. The van der Waals surface area contributed by atoms with E-state index in [0.717, 1.165) is 24.8 Å². The largest absolute Gasteiger partial charge is 0.117 e. The highest BCUT2D eigenvalue weighted by Crippen LogP contribution is 2.18. The van der Waals surface area contributed by atoms with Gasteiger partial charge in [0.05, 0.1) is 0 Å². The number of rotatable bonds is 9. The summed E-state index contributed by atoms with van der Waals surface area (Å²) in [4.78, 5) is 0. The van der Waals surface area contributed by atoms with Crippen molar-refractivity contribution in [3.63, 3.8) is 0 Å². The normalized spacial score (nSPS) is 12.1. The first-order chi connectivity index (χ1) is 15.0. The van der Waals surface area contributed by atoms with Gasteiger partial charge >= 0.3 is 0 Å². The minimum atomic E-state index is 0.954. The third-order valence-corrected chi connectivity index (χ3v) is 5.30. The molecule has 0 radical (unpaired) electrons. The van der Waals surface area contributed by atoms with Crippen LogP contribution in [0.2, 0.25) is 0 Å². The first-order valence-electron chi connectivity index (χ1n) is 11.2. The number of hydrogen-bond donors (Lipinski definition) is 0. The average molecular weight is 409 g/mol. The number of allylic oxidation sites excluding steroid dienone is 8. The Bertz CT molecular complexity index is 1010. The summed E-state index contributed by atoms with van der Waals surface area (Å²) in [6.07, 6.45) is 20.4. The first-order valence-corrected chi connectivity index (χ1v) is 11.2. The predicted molar refractivity (Wildman–Crippen MR) is 139 cm³/mol. The summed E-state index contributed by atoms with van der Waals surface area (Å²) in [7, 11) is 0. The average Bonchev–Trinajstić information content (AvgIpc) is 2.75. The van der Waals surface area contributed by atoms with Crippen molar-refractivity contribution < 1.29 is 0 Å². The van der Waals surface area contributed by atoms with E-state index >= 15 is 0 Å². The lowest BCUT2D eigenvalue weighted by atomic mass is 9.98. The third-order valence-electron chi connectivity index (χ3n) is 5.30. The molecule has 0 N–H and O–H groups in total. The van der Waals surface area contributed by atoms with Crippen molar-refractivity contribution >= 4 is 11.6 Å². The Balaban J connectivity index is 1.82. The summed E-state index contributed by atoms with van der Waals surface area (Å²) in [6, 6.07) is 15.2. The molecule has 2 aromatic carbocycles. The molecule has 0 unspecified atom stereocenters. The molecule has 160 valence electrons. The van der Waals surface area contributed by atoms with E-state index in [0.29, 0.717) is 0 Å². The molecule has 31 heavy (non-hydrogen) atoms. The minimum absolute atomic E-state index is 0.954. The van der Waals surface area contributed by atoms with Gasteiger partial charge in [-0.25, -0.2) is 0 Å². The first kappa shape index (κ1) is 24.2. The van der Waals surface area contributed by atoms with Gasteiger partial charge in [-0.15, -0.1) is 5.73 Å². The summed E-state index contributed by atoms with van der Waals surface area (Å²) >= 11 is 0. The summed E-state index contributed by atoms with van der Waals surface area (Å²) in [5.41, 5.74) is 12.5. The lowest BCUT2D eigenvalue weighted by molar-refractivity contribution is 0.994. The second-order valence-electron chi connectivity index (χ2n) is 8.06. The fourth-order valence-corrected chi connectivity index (χ4v) is 3.37. The van der Waals surface area contributed by atoms with Crippen molar-refractivity contribution in [1.29, 1.82) is 0 Å². The van der Waals surface area contributed by atoms with Crippen LogP contribution in [-0.4, -0.2) is 0 Å². The van der Waals surface area contributed by atoms with Gasteiger partial charge in [0, 0.05) is 0 Å². The highest BCUT2D eigenvalue weighted by atomic mass is 14.1. The number of benzene rings is 2. The Labute approximate surface area is 189 Å². The van der Waals surface area contributed by atoms with Gasteiger partial charge in [0.15, 0.2) is 0 Å². The maximum absolute atomic E-state index is 3.37. The van der Waals surface area contributed by atoms with Crippen LogP contribution in [0.4, 0.5) is 0 Å². The number of hydrogen-bond acceptors (Lipinski definition) is 0. The van der Waals surface area contributed by atoms with Crippen LogP contribution in [0.15, 0.2) is 96.3 Å². The fourth-order valence-electron chi connectivity index (χ4n) is 3.37. The zero-order chi connectivity index (χ0) is 22.5. The lowest BCUT2D eigenvalue weighted by Gasteiger charge is -2.07. The molecular formula is C31H36. The van der Waals surface area contributed by atoms with E-state index in [-0.39, 0.29) is 0 Å². The maximum atomic E-state index is 3.37. The molecule has 0 saturated carbocycles. The molecule has 0 saturated heterocycles. The van der Waals surface area contributed by atoms with Gasteiger partial charge in [-0.05, 0) is 87.8 Å². The Morgan fingerprint density at radius 2 is 1.68 bits per heavy atom. The van der Waals surface area contributed by atoms with Crippen LogP contribution >= 0.6 is 0 Å². The quantitative estimate of drug-likeness (QED) is 0.287. The molecule has 0 spiro atoms. The Hall–Kier alpha value is -3.08. The standard InChI is InChI=1S/C31H36/c1-6-14-31-28(5)18-13-20-30(31)19-11-9-7-8-10-15-25(2)16-12-17-27(4)29-23-21-26(3)22-24-29/h6-10,12-14,16,18,20-24H,11,15,19H2,1-5H3/b9-7-,10-8-,14-6-,25-16+. The molecule has 0 aliphatic rings. The zero-order valence-electron chi connectivity index (χ0n) is 19.8. The molecule has 2 rings (SSSR count). The van der Waals surface area contributed by atoms with E-state index in [1.54, 1.807) is 0 Å². The third kappa shape index (κ3) is 8.67. The molecule has 0 aliphatic heterocycles. The van der Waals surface area contributed by atoms with Gasteiger partial charge in [-0.3, -0.25) is 0 Å². The van der Waals surface area contributed by atoms with Crippen molar-refractivity contribution in [3.8, 4) is 0 Å². The summed E-state index contributed by atoms with van der Waals surface area (Å²) < 4.78 is 0. The zero-order valence-corrected chi connectivity index (χ0v) is 19.8. The van der Waals surface area contributed by atoms with Crippen molar-refractivity contribution in [3.05, 3.63) is 124 Å². The highest BCUT2D eigenvalue weighted by molar-refractivity contribution is 5.63. The van der Waals surface area contributed by atoms with Crippen molar-refractivity contribution in [2.75, 3.05) is 0 Å².